The van der Waals surface area contributed by atoms with Crippen LogP contribution < -0.4 is 5.32 Å². The van der Waals surface area contributed by atoms with Crippen LogP contribution in [0.15, 0.2) is 54.7 Å². The Morgan fingerprint density at radius 2 is 1.79 bits per heavy atom. The Bertz CT molecular complexity index is 1020. The standard InChI is InChI=1S/C25H28N4/c1-18-7-9-19(10-8-18)17-29-13-11-25(12-14-29)15-20-16-27-24(26-2)28-23(20)21-5-3-4-6-22(21)25/h3-10,16H,11-15,17H2,1-2H3,(H,26,27,28). The van der Waals surface area contributed by atoms with Crippen LogP contribution in [-0.4, -0.2) is 35.0 Å². The van der Waals surface area contributed by atoms with Gasteiger partial charge >= 0.3 is 0 Å². The van der Waals surface area contributed by atoms with E-state index in [0.29, 0.717) is 5.95 Å². The molecule has 0 atom stereocenters. The average Bonchev–Trinajstić information content (AvgIpc) is 2.77. The number of aromatic nitrogens is 2. The second kappa shape index (κ2) is 7.27. The molecule has 4 nitrogen and oxygen atoms in total. The lowest BCUT2D eigenvalue weighted by molar-refractivity contribution is 0.150. The van der Waals surface area contributed by atoms with Crippen LogP contribution in [0.1, 0.15) is 35.1 Å². The summed E-state index contributed by atoms with van der Waals surface area (Å²) in [6.45, 7) is 5.46. The smallest absolute Gasteiger partial charge is 0.222 e. The van der Waals surface area contributed by atoms with Crippen molar-refractivity contribution in [2.24, 2.45) is 0 Å². The number of nitrogens with zero attached hydrogens (tertiary/aromatic N) is 3. The van der Waals surface area contributed by atoms with Gasteiger partial charge in [0.2, 0.25) is 5.95 Å². The first-order valence-corrected chi connectivity index (χ1v) is 10.6. The first-order chi connectivity index (χ1) is 14.2. The van der Waals surface area contributed by atoms with Crippen molar-refractivity contribution in [2.75, 3.05) is 25.5 Å². The lowest BCUT2D eigenvalue weighted by Crippen LogP contribution is -2.45. The van der Waals surface area contributed by atoms with Crippen LogP contribution in [0.3, 0.4) is 0 Å². The molecule has 1 N–H and O–H groups in total. The van der Waals surface area contributed by atoms with Crippen molar-refractivity contribution in [3.05, 3.63) is 77.0 Å². The molecule has 0 unspecified atom stereocenters. The van der Waals surface area contributed by atoms with Gasteiger partial charge in [-0.25, -0.2) is 9.97 Å². The number of likely N-dealkylation sites (tertiary alicyclic amines) is 1. The maximum absolute atomic E-state index is 4.80. The molecule has 2 aromatic carbocycles. The fraction of sp³-hybridized carbons (Fsp3) is 0.360. The molecule has 2 heterocycles. The molecule has 148 valence electrons. The Labute approximate surface area is 173 Å². The third-order valence-corrected chi connectivity index (χ3v) is 6.71. The zero-order chi connectivity index (χ0) is 19.8. The summed E-state index contributed by atoms with van der Waals surface area (Å²) in [5.41, 5.74) is 8.10. The fourth-order valence-electron chi connectivity index (χ4n) is 5.04. The van der Waals surface area contributed by atoms with Crippen molar-refractivity contribution in [3.8, 4) is 11.3 Å². The molecule has 0 saturated carbocycles. The van der Waals surface area contributed by atoms with E-state index in [9.17, 15) is 0 Å². The fourth-order valence-corrected chi connectivity index (χ4v) is 5.04. The lowest BCUT2D eigenvalue weighted by atomic mass is 9.64. The summed E-state index contributed by atoms with van der Waals surface area (Å²) in [5.74, 6) is 0.697. The second-order valence-electron chi connectivity index (χ2n) is 8.58. The van der Waals surface area contributed by atoms with Crippen molar-refractivity contribution in [1.29, 1.82) is 0 Å². The summed E-state index contributed by atoms with van der Waals surface area (Å²) in [7, 11) is 1.88. The van der Waals surface area contributed by atoms with Gasteiger partial charge in [-0.3, -0.25) is 4.90 Å². The predicted molar refractivity (Wildman–Crippen MR) is 118 cm³/mol. The molecule has 1 saturated heterocycles. The van der Waals surface area contributed by atoms with E-state index in [-0.39, 0.29) is 5.41 Å². The summed E-state index contributed by atoms with van der Waals surface area (Å²) in [5, 5.41) is 3.08. The van der Waals surface area contributed by atoms with E-state index < -0.39 is 0 Å². The first-order valence-electron chi connectivity index (χ1n) is 10.6. The molecule has 1 spiro atoms. The van der Waals surface area contributed by atoms with E-state index in [2.05, 4.69) is 70.7 Å². The second-order valence-corrected chi connectivity index (χ2v) is 8.58. The van der Waals surface area contributed by atoms with Gasteiger partial charge in [0.15, 0.2) is 0 Å². The maximum atomic E-state index is 4.80. The van der Waals surface area contributed by atoms with E-state index in [1.54, 1.807) is 0 Å². The van der Waals surface area contributed by atoms with Gasteiger partial charge in [0.1, 0.15) is 0 Å². The van der Waals surface area contributed by atoms with Crippen molar-refractivity contribution >= 4 is 5.95 Å². The number of benzene rings is 2. The van der Waals surface area contributed by atoms with Crippen LogP contribution in [0.4, 0.5) is 5.95 Å². The molecule has 0 radical (unpaired) electrons. The predicted octanol–water partition coefficient (Wildman–Crippen LogP) is 4.58. The van der Waals surface area contributed by atoms with Gasteiger partial charge in [-0.15, -0.1) is 0 Å². The summed E-state index contributed by atoms with van der Waals surface area (Å²) >= 11 is 0. The average molecular weight is 385 g/mol. The van der Waals surface area contributed by atoms with E-state index in [0.717, 1.165) is 31.7 Å². The number of fused-ring (bicyclic) bond motifs is 4. The molecule has 5 rings (SSSR count). The highest BCUT2D eigenvalue weighted by Gasteiger charge is 2.41. The highest BCUT2D eigenvalue weighted by Crippen LogP contribution is 2.48. The number of hydrogen-bond donors (Lipinski definition) is 1. The van der Waals surface area contributed by atoms with Crippen molar-refractivity contribution < 1.29 is 0 Å². The number of anilines is 1. The van der Waals surface area contributed by atoms with Crippen molar-refractivity contribution in [2.45, 2.75) is 38.1 Å². The largest absolute Gasteiger partial charge is 0.357 e. The monoisotopic (exact) mass is 384 g/mol. The highest BCUT2D eigenvalue weighted by molar-refractivity contribution is 5.72. The third kappa shape index (κ3) is 3.32. The number of nitrogens with one attached hydrogen (secondary N) is 1. The Kier molecular flexibility index (Phi) is 4.59. The molecule has 0 bridgehead atoms. The van der Waals surface area contributed by atoms with E-state index >= 15 is 0 Å². The van der Waals surface area contributed by atoms with E-state index in [1.807, 2.05) is 13.2 Å². The Morgan fingerprint density at radius 3 is 2.55 bits per heavy atom. The van der Waals surface area contributed by atoms with Crippen molar-refractivity contribution in [1.82, 2.24) is 14.9 Å². The summed E-state index contributed by atoms with van der Waals surface area (Å²) in [6, 6.07) is 17.9. The Hall–Kier alpha value is -2.72. The van der Waals surface area contributed by atoms with Gasteiger partial charge in [-0.05, 0) is 56.0 Å². The van der Waals surface area contributed by atoms with Crippen molar-refractivity contribution in [3.63, 3.8) is 0 Å². The molecule has 1 aromatic heterocycles. The minimum absolute atomic E-state index is 0.206. The van der Waals surface area contributed by atoms with Gasteiger partial charge < -0.3 is 5.32 Å². The van der Waals surface area contributed by atoms with Crippen LogP contribution in [-0.2, 0) is 18.4 Å². The SMILES string of the molecule is CNc1ncc2c(n1)-c1ccccc1C1(CCN(Cc3ccc(C)cc3)CC1)C2. The van der Waals surface area contributed by atoms with Gasteiger partial charge in [0, 0.05) is 30.8 Å². The first kappa shape index (κ1) is 18.3. The molecule has 1 fully saturated rings. The van der Waals surface area contributed by atoms with Crippen LogP contribution in [0.5, 0.6) is 0 Å². The summed E-state index contributed by atoms with van der Waals surface area (Å²) < 4.78 is 0. The normalized spacial score (nSPS) is 17.6. The molecule has 0 amide bonds. The number of hydrogen-bond acceptors (Lipinski definition) is 4. The Balaban J connectivity index is 1.41. The molecule has 1 aliphatic carbocycles. The Morgan fingerprint density at radius 1 is 1.03 bits per heavy atom. The molecule has 29 heavy (non-hydrogen) atoms. The minimum Gasteiger partial charge on any atom is -0.357 e. The molecule has 2 aliphatic rings. The van der Waals surface area contributed by atoms with E-state index in [1.165, 1.54) is 40.7 Å². The molecule has 1 aliphatic heterocycles. The molecular formula is C25H28N4. The molecule has 4 heteroatoms. The minimum atomic E-state index is 0.206. The number of aryl methyl sites for hydroxylation is 1. The summed E-state index contributed by atoms with van der Waals surface area (Å²) in [4.78, 5) is 11.9. The quantitative estimate of drug-likeness (QED) is 0.717. The van der Waals surface area contributed by atoms with Crippen LogP contribution in [0, 0.1) is 6.92 Å². The zero-order valence-electron chi connectivity index (χ0n) is 17.3. The maximum Gasteiger partial charge on any atom is 0.222 e. The van der Waals surface area contributed by atoms with Gasteiger partial charge in [0.25, 0.3) is 0 Å². The number of rotatable bonds is 3. The number of piperidine rings is 1. The van der Waals surface area contributed by atoms with E-state index in [4.69, 9.17) is 4.98 Å². The topological polar surface area (TPSA) is 41.1 Å². The van der Waals surface area contributed by atoms with Crippen LogP contribution in [0.25, 0.3) is 11.3 Å². The van der Waals surface area contributed by atoms with Gasteiger partial charge in [-0.2, -0.15) is 0 Å². The highest BCUT2D eigenvalue weighted by atomic mass is 15.1. The zero-order valence-corrected chi connectivity index (χ0v) is 17.3. The lowest BCUT2D eigenvalue weighted by Gasteiger charge is -2.45. The summed E-state index contributed by atoms with van der Waals surface area (Å²) in [6.07, 6.45) is 5.44. The van der Waals surface area contributed by atoms with Crippen LogP contribution in [0.2, 0.25) is 0 Å². The molecular weight excluding hydrogens is 356 g/mol. The van der Waals surface area contributed by atoms with Gasteiger partial charge in [-0.1, -0.05) is 54.1 Å². The van der Waals surface area contributed by atoms with Gasteiger partial charge in [0.05, 0.1) is 5.69 Å². The van der Waals surface area contributed by atoms with Crippen LogP contribution >= 0.6 is 0 Å². The molecule has 3 aromatic rings. The third-order valence-electron chi connectivity index (χ3n) is 6.71.